The quantitative estimate of drug-likeness (QED) is 0.862. The summed E-state index contributed by atoms with van der Waals surface area (Å²) in [5, 5.41) is 4.13. The number of halogens is 2. The van der Waals surface area contributed by atoms with Crippen LogP contribution in [0.2, 0.25) is 5.02 Å². The predicted molar refractivity (Wildman–Crippen MR) is 87.2 cm³/mol. The maximum atomic E-state index is 6.25. The highest BCUT2D eigenvalue weighted by atomic mass is 79.9. The molecule has 2 aromatic carbocycles. The molecule has 0 aliphatic carbocycles. The molecule has 0 fully saturated rings. The first-order valence-corrected chi connectivity index (χ1v) is 7.19. The lowest BCUT2D eigenvalue weighted by Gasteiger charge is -2.16. The number of nitrogens with one attached hydrogen (secondary N) is 1. The summed E-state index contributed by atoms with van der Waals surface area (Å²) >= 11 is 9.79. The lowest BCUT2D eigenvalue weighted by atomic mass is 10.2. The van der Waals surface area contributed by atoms with Gasteiger partial charge < -0.3 is 10.2 Å². The van der Waals surface area contributed by atoms with E-state index in [9.17, 15) is 0 Å². The molecule has 2 aromatic rings. The Bertz CT molecular complexity index is 570. The van der Waals surface area contributed by atoms with E-state index in [0.29, 0.717) is 0 Å². The Labute approximate surface area is 127 Å². The van der Waals surface area contributed by atoms with Crippen LogP contribution < -0.4 is 10.2 Å². The summed E-state index contributed by atoms with van der Waals surface area (Å²) in [5.74, 6) is 0. The standard InChI is InChI=1S/C15H16BrClN2/c1-19(2)15-8-7-12(9-14(15)17)18-10-11-5-3-4-6-13(11)16/h3-9,18H,10H2,1-2H3. The summed E-state index contributed by atoms with van der Waals surface area (Å²) in [6.45, 7) is 0.763. The molecule has 0 aromatic heterocycles. The monoisotopic (exact) mass is 338 g/mol. The third-order valence-corrected chi connectivity index (χ3v) is 3.95. The summed E-state index contributed by atoms with van der Waals surface area (Å²) in [6.07, 6.45) is 0. The van der Waals surface area contributed by atoms with E-state index < -0.39 is 0 Å². The molecule has 100 valence electrons. The van der Waals surface area contributed by atoms with Gasteiger partial charge >= 0.3 is 0 Å². The van der Waals surface area contributed by atoms with Gasteiger partial charge in [-0.25, -0.2) is 0 Å². The van der Waals surface area contributed by atoms with Crippen LogP contribution in [0.15, 0.2) is 46.9 Å². The molecule has 0 atom stereocenters. The Morgan fingerprint density at radius 2 is 1.89 bits per heavy atom. The first-order chi connectivity index (χ1) is 9.08. The summed E-state index contributed by atoms with van der Waals surface area (Å²) in [5.41, 5.74) is 3.26. The van der Waals surface area contributed by atoms with Gasteiger partial charge in [0, 0.05) is 30.8 Å². The van der Waals surface area contributed by atoms with E-state index in [1.807, 2.05) is 55.4 Å². The van der Waals surface area contributed by atoms with Gasteiger partial charge in [0.1, 0.15) is 0 Å². The minimum atomic E-state index is 0.752. The van der Waals surface area contributed by atoms with E-state index in [1.54, 1.807) is 0 Å². The SMILES string of the molecule is CN(C)c1ccc(NCc2ccccc2Br)cc1Cl. The van der Waals surface area contributed by atoms with E-state index in [2.05, 4.69) is 27.3 Å². The zero-order valence-electron chi connectivity index (χ0n) is 11.0. The molecule has 0 bridgehead atoms. The van der Waals surface area contributed by atoms with Crippen molar-refractivity contribution in [3.05, 3.63) is 57.5 Å². The molecule has 0 unspecified atom stereocenters. The first-order valence-electron chi connectivity index (χ1n) is 6.02. The molecule has 1 N–H and O–H groups in total. The van der Waals surface area contributed by atoms with Crippen molar-refractivity contribution in [3.8, 4) is 0 Å². The maximum Gasteiger partial charge on any atom is 0.0659 e. The van der Waals surface area contributed by atoms with Crippen LogP contribution >= 0.6 is 27.5 Å². The number of hydrogen-bond acceptors (Lipinski definition) is 2. The fraction of sp³-hybridized carbons (Fsp3) is 0.200. The summed E-state index contributed by atoms with van der Waals surface area (Å²) in [4.78, 5) is 2.00. The normalized spacial score (nSPS) is 10.3. The van der Waals surface area contributed by atoms with Gasteiger partial charge in [0.05, 0.1) is 10.7 Å². The molecule has 0 amide bonds. The Kier molecular flexibility index (Phi) is 4.72. The van der Waals surface area contributed by atoms with Crippen molar-refractivity contribution in [2.24, 2.45) is 0 Å². The van der Waals surface area contributed by atoms with Crippen molar-refractivity contribution in [2.75, 3.05) is 24.3 Å². The van der Waals surface area contributed by atoms with Crippen molar-refractivity contribution in [2.45, 2.75) is 6.54 Å². The average molecular weight is 340 g/mol. The van der Waals surface area contributed by atoms with Gasteiger partial charge in [-0.2, -0.15) is 0 Å². The zero-order valence-corrected chi connectivity index (χ0v) is 13.3. The van der Waals surface area contributed by atoms with Crippen molar-refractivity contribution in [1.29, 1.82) is 0 Å². The third kappa shape index (κ3) is 3.64. The van der Waals surface area contributed by atoms with Gasteiger partial charge in [-0.3, -0.25) is 0 Å². The molecule has 0 aliphatic heterocycles. The fourth-order valence-electron chi connectivity index (χ4n) is 1.82. The molecule has 19 heavy (non-hydrogen) atoms. The van der Waals surface area contributed by atoms with Crippen molar-refractivity contribution in [3.63, 3.8) is 0 Å². The molecule has 4 heteroatoms. The molecular formula is C15H16BrClN2. The van der Waals surface area contributed by atoms with E-state index in [0.717, 1.165) is 27.4 Å². The van der Waals surface area contributed by atoms with Gasteiger partial charge in [-0.1, -0.05) is 45.7 Å². The van der Waals surface area contributed by atoms with E-state index in [1.165, 1.54) is 5.56 Å². The van der Waals surface area contributed by atoms with Gasteiger partial charge in [-0.15, -0.1) is 0 Å². The summed E-state index contributed by atoms with van der Waals surface area (Å²) in [6, 6.07) is 14.2. The van der Waals surface area contributed by atoms with Gasteiger partial charge in [0.2, 0.25) is 0 Å². The topological polar surface area (TPSA) is 15.3 Å². The van der Waals surface area contributed by atoms with Crippen LogP contribution in [0, 0.1) is 0 Å². The lowest BCUT2D eigenvalue weighted by Crippen LogP contribution is -2.09. The molecule has 2 rings (SSSR count). The second-order valence-electron chi connectivity index (χ2n) is 4.51. The van der Waals surface area contributed by atoms with Gasteiger partial charge in [0.15, 0.2) is 0 Å². The molecule has 0 saturated heterocycles. The predicted octanol–water partition coefficient (Wildman–Crippen LogP) is 4.78. The molecule has 0 aliphatic rings. The molecule has 0 radical (unpaired) electrons. The summed E-state index contributed by atoms with van der Waals surface area (Å²) < 4.78 is 1.11. The highest BCUT2D eigenvalue weighted by Gasteiger charge is 2.04. The minimum Gasteiger partial charge on any atom is -0.381 e. The number of anilines is 2. The highest BCUT2D eigenvalue weighted by molar-refractivity contribution is 9.10. The highest BCUT2D eigenvalue weighted by Crippen LogP contribution is 2.28. The van der Waals surface area contributed by atoms with Crippen LogP contribution in [-0.2, 0) is 6.54 Å². The number of benzene rings is 2. The maximum absolute atomic E-state index is 6.25. The van der Waals surface area contributed by atoms with Gasteiger partial charge in [0.25, 0.3) is 0 Å². The Morgan fingerprint density at radius 1 is 1.16 bits per heavy atom. The Balaban J connectivity index is 2.08. The molecular weight excluding hydrogens is 324 g/mol. The van der Waals surface area contributed by atoms with Crippen LogP contribution in [-0.4, -0.2) is 14.1 Å². The number of hydrogen-bond donors (Lipinski definition) is 1. The molecule has 0 heterocycles. The van der Waals surface area contributed by atoms with Crippen LogP contribution in [0.5, 0.6) is 0 Å². The molecule has 0 saturated carbocycles. The zero-order chi connectivity index (χ0) is 13.8. The van der Waals surface area contributed by atoms with Crippen molar-refractivity contribution < 1.29 is 0 Å². The van der Waals surface area contributed by atoms with E-state index >= 15 is 0 Å². The van der Waals surface area contributed by atoms with Crippen LogP contribution in [0.3, 0.4) is 0 Å². The van der Waals surface area contributed by atoms with Gasteiger partial charge in [-0.05, 0) is 29.8 Å². The lowest BCUT2D eigenvalue weighted by molar-refractivity contribution is 1.12. The largest absolute Gasteiger partial charge is 0.381 e. The van der Waals surface area contributed by atoms with E-state index in [4.69, 9.17) is 11.6 Å². The number of rotatable bonds is 4. The van der Waals surface area contributed by atoms with Crippen LogP contribution in [0.1, 0.15) is 5.56 Å². The molecule has 2 nitrogen and oxygen atoms in total. The fourth-order valence-corrected chi connectivity index (χ4v) is 2.59. The van der Waals surface area contributed by atoms with Crippen molar-refractivity contribution in [1.82, 2.24) is 0 Å². The van der Waals surface area contributed by atoms with Crippen LogP contribution in [0.4, 0.5) is 11.4 Å². The van der Waals surface area contributed by atoms with Crippen molar-refractivity contribution >= 4 is 38.9 Å². The molecule has 0 spiro atoms. The smallest absolute Gasteiger partial charge is 0.0659 e. The second-order valence-corrected chi connectivity index (χ2v) is 5.77. The summed E-state index contributed by atoms with van der Waals surface area (Å²) in [7, 11) is 3.96. The second kappa shape index (κ2) is 6.31. The minimum absolute atomic E-state index is 0.752. The Morgan fingerprint density at radius 3 is 2.53 bits per heavy atom. The van der Waals surface area contributed by atoms with Crippen LogP contribution in [0.25, 0.3) is 0 Å². The van der Waals surface area contributed by atoms with E-state index in [-0.39, 0.29) is 0 Å². The Hall–Kier alpha value is -1.19. The first kappa shape index (κ1) is 14.2. The number of nitrogens with zero attached hydrogens (tertiary/aromatic N) is 1. The average Bonchev–Trinajstić information content (AvgIpc) is 2.37. The third-order valence-electron chi connectivity index (χ3n) is 2.87.